The summed E-state index contributed by atoms with van der Waals surface area (Å²) >= 11 is 5.96. The lowest BCUT2D eigenvalue weighted by Gasteiger charge is -2.24. The molecule has 8 heteroatoms. The van der Waals surface area contributed by atoms with Gasteiger partial charge in [0.25, 0.3) is 0 Å². The number of hydrogen-bond donors (Lipinski definition) is 2. The van der Waals surface area contributed by atoms with Crippen molar-refractivity contribution in [3.05, 3.63) is 47.7 Å². The van der Waals surface area contributed by atoms with Gasteiger partial charge in [0, 0.05) is 35.3 Å². The summed E-state index contributed by atoms with van der Waals surface area (Å²) in [5.74, 6) is 1.92. The van der Waals surface area contributed by atoms with Crippen molar-refractivity contribution in [1.82, 2.24) is 15.3 Å². The number of nitrogens with zero attached hydrogens (tertiary/aromatic N) is 2. The van der Waals surface area contributed by atoms with E-state index in [1.807, 2.05) is 36.4 Å². The van der Waals surface area contributed by atoms with Crippen LogP contribution in [0.25, 0.3) is 10.9 Å². The predicted molar refractivity (Wildman–Crippen MR) is 109 cm³/mol. The van der Waals surface area contributed by atoms with Gasteiger partial charge in [0.1, 0.15) is 24.9 Å². The maximum Gasteiger partial charge on any atom is 0.163 e. The molecular formula is C20H21ClN4O3. The van der Waals surface area contributed by atoms with Crippen LogP contribution in [0.1, 0.15) is 0 Å². The van der Waals surface area contributed by atoms with Crippen LogP contribution in [-0.4, -0.2) is 49.5 Å². The van der Waals surface area contributed by atoms with E-state index in [0.717, 1.165) is 29.7 Å². The van der Waals surface area contributed by atoms with Gasteiger partial charge in [-0.05, 0) is 30.3 Å². The fourth-order valence-corrected chi connectivity index (χ4v) is 3.14. The fourth-order valence-electron chi connectivity index (χ4n) is 3.02. The quantitative estimate of drug-likeness (QED) is 0.656. The molecule has 3 aromatic rings. The average Bonchev–Trinajstić information content (AvgIpc) is 2.74. The van der Waals surface area contributed by atoms with Gasteiger partial charge in [0.15, 0.2) is 11.5 Å². The second kappa shape index (κ2) is 8.60. The summed E-state index contributed by atoms with van der Waals surface area (Å²) in [5, 5.41) is 8.09. The lowest BCUT2D eigenvalue weighted by molar-refractivity contribution is -0.000235. The van der Waals surface area contributed by atoms with Gasteiger partial charge in [-0.1, -0.05) is 11.6 Å². The van der Waals surface area contributed by atoms with Crippen molar-refractivity contribution in [2.75, 3.05) is 38.7 Å². The Bertz CT molecular complexity index is 946. The summed E-state index contributed by atoms with van der Waals surface area (Å²) in [7, 11) is 1.61. The average molecular weight is 401 g/mol. The number of halogens is 1. The molecule has 2 N–H and O–H groups in total. The molecular weight excluding hydrogens is 380 g/mol. The van der Waals surface area contributed by atoms with Crippen LogP contribution in [-0.2, 0) is 4.74 Å². The zero-order chi connectivity index (χ0) is 19.3. The molecule has 0 radical (unpaired) electrons. The number of aromatic nitrogens is 2. The molecule has 1 aliphatic rings. The van der Waals surface area contributed by atoms with Gasteiger partial charge in [0.05, 0.1) is 19.2 Å². The van der Waals surface area contributed by atoms with Crippen LogP contribution in [0.3, 0.4) is 0 Å². The molecule has 0 bridgehead atoms. The highest BCUT2D eigenvalue weighted by Crippen LogP contribution is 2.35. The van der Waals surface area contributed by atoms with E-state index in [1.165, 1.54) is 6.33 Å². The highest BCUT2D eigenvalue weighted by molar-refractivity contribution is 6.30. The number of fused-ring (bicyclic) bond motifs is 1. The van der Waals surface area contributed by atoms with E-state index in [-0.39, 0.29) is 6.10 Å². The summed E-state index contributed by atoms with van der Waals surface area (Å²) in [6, 6.07) is 11.2. The molecule has 1 fully saturated rings. The monoisotopic (exact) mass is 400 g/mol. The van der Waals surface area contributed by atoms with E-state index in [1.54, 1.807) is 7.11 Å². The van der Waals surface area contributed by atoms with Crippen LogP contribution in [0, 0.1) is 0 Å². The Morgan fingerprint density at radius 1 is 1.21 bits per heavy atom. The SMILES string of the molecule is COc1cc2c(Nc3ccc(Cl)cc3)ncnc2cc1OCC1CNCCO1. The van der Waals surface area contributed by atoms with Gasteiger partial charge in [-0.15, -0.1) is 0 Å². The number of methoxy groups -OCH3 is 1. The minimum Gasteiger partial charge on any atom is -0.493 e. The first kappa shape index (κ1) is 18.7. The van der Waals surface area contributed by atoms with Crippen LogP contribution >= 0.6 is 11.6 Å². The summed E-state index contributed by atoms with van der Waals surface area (Å²) < 4.78 is 17.2. The molecule has 0 saturated carbocycles. The molecule has 1 atom stereocenters. The Morgan fingerprint density at radius 3 is 2.82 bits per heavy atom. The van der Waals surface area contributed by atoms with Gasteiger partial charge in [-0.3, -0.25) is 0 Å². The second-order valence-electron chi connectivity index (χ2n) is 6.38. The summed E-state index contributed by atoms with van der Waals surface area (Å²) in [5.41, 5.74) is 1.63. The molecule has 7 nitrogen and oxygen atoms in total. The van der Waals surface area contributed by atoms with E-state index < -0.39 is 0 Å². The van der Waals surface area contributed by atoms with Crippen molar-refractivity contribution in [2.45, 2.75) is 6.10 Å². The standard InChI is InChI=1S/C20H21ClN4O3/c1-26-18-8-16-17(9-19(18)28-11-15-10-22-6-7-27-15)23-12-24-20(16)25-14-4-2-13(21)3-5-14/h2-5,8-9,12,15,22H,6-7,10-11H2,1H3,(H,23,24,25). The number of ether oxygens (including phenoxy) is 3. The summed E-state index contributed by atoms with van der Waals surface area (Å²) in [4.78, 5) is 8.75. The molecule has 0 spiro atoms. The Morgan fingerprint density at radius 2 is 2.07 bits per heavy atom. The van der Waals surface area contributed by atoms with Crippen molar-refractivity contribution < 1.29 is 14.2 Å². The first-order chi connectivity index (χ1) is 13.7. The summed E-state index contributed by atoms with van der Waals surface area (Å²) in [6.45, 7) is 2.77. The largest absolute Gasteiger partial charge is 0.493 e. The third kappa shape index (κ3) is 4.27. The smallest absolute Gasteiger partial charge is 0.163 e. The van der Waals surface area contributed by atoms with Gasteiger partial charge in [0.2, 0.25) is 0 Å². The molecule has 1 unspecified atom stereocenters. The number of hydrogen-bond acceptors (Lipinski definition) is 7. The number of morpholine rings is 1. The normalized spacial score (nSPS) is 16.7. The topological polar surface area (TPSA) is 77.5 Å². The number of rotatable bonds is 6. The molecule has 1 aromatic heterocycles. The number of anilines is 2. The Hall–Kier alpha value is -2.61. The number of benzene rings is 2. The lowest BCUT2D eigenvalue weighted by Crippen LogP contribution is -2.41. The van der Waals surface area contributed by atoms with Crippen LogP contribution in [0.4, 0.5) is 11.5 Å². The Labute approximate surface area is 168 Å². The van der Waals surface area contributed by atoms with Crippen LogP contribution < -0.4 is 20.1 Å². The first-order valence-corrected chi connectivity index (χ1v) is 9.41. The maximum atomic E-state index is 5.96. The molecule has 0 aliphatic carbocycles. The van der Waals surface area contributed by atoms with Gasteiger partial charge >= 0.3 is 0 Å². The van der Waals surface area contributed by atoms with Crippen LogP contribution in [0.2, 0.25) is 5.02 Å². The minimum atomic E-state index is 0.0154. The highest BCUT2D eigenvalue weighted by Gasteiger charge is 2.17. The minimum absolute atomic E-state index is 0.0154. The van der Waals surface area contributed by atoms with Crippen molar-refractivity contribution >= 4 is 34.0 Å². The van der Waals surface area contributed by atoms with E-state index >= 15 is 0 Å². The molecule has 1 saturated heterocycles. The third-order valence-corrected chi connectivity index (χ3v) is 4.71. The van der Waals surface area contributed by atoms with E-state index in [4.69, 9.17) is 25.8 Å². The van der Waals surface area contributed by atoms with Crippen LogP contribution in [0.15, 0.2) is 42.7 Å². The molecule has 0 amide bonds. The van der Waals surface area contributed by atoms with E-state index in [0.29, 0.717) is 35.6 Å². The fraction of sp³-hybridized carbons (Fsp3) is 0.300. The molecule has 146 valence electrons. The van der Waals surface area contributed by atoms with Gasteiger partial charge < -0.3 is 24.8 Å². The Kier molecular flexibility index (Phi) is 5.76. The van der Waals surface area contributed by atoms with Gasteiger partial charge in [-0.2, -0.15) is 0 Å². The summed E-state index contributed by atoms with van der Waals surface area (Å²) in [6.07, 6.45) is 1.53. The lowest BCUT2D eigenvalue weighted by atomic mass is 10.2. The zero-order valence-electron chi connectivity index (χ0n) is 15.4. The third-order valence-electron chi connectivity index (χ3n) is 4.46. The van der Waals surface area contributed by atoms with Crippen molar-refractivity contribution in [2.24, 2.45) is 0 Å². The van der Waals surface area contributed by atoms with E-state index in [2.05, 4.69) is 20.6 Å². The van der Waals surface area contributed by atoms with Crippen molar-refractivity contribution in [3.8, 4) is 11.5 Å². The molecule has 4 rings (SSSR count). The molecule has 2 heterocycles. The van der Waals surface area contributed by atoms with Crippen molar-refractivity contribution in [1.29, 1.82) is 0 Å². The maximum absolute atomic E-state index is 5.96. The molecule has 1 aliphatic heterocycles. The second-order valence-corrected chi connectivity index (χ2v) is 6.82. The van der Waals surface area contributed by atoms with Crippen molar-refractivity contribution in [3.63, 3.8) is 0 Å². The molecule has 28 heavy (non-hydrogen) atoms. The zero-order valence-corrected chi connectivity index (χ0v) is 16.2. The Balaban J connectivity index is 1.59. The number of nitrogens with one attached hydrogen (secondary N) is 2. The predicted octanol–water partition coefficient (Wildman–Crippen LogP) is 3.40. The van der Waals surface area contributed by atoms with Crippen LogP contribution in [0.5, 0.6) is 11.5 Å². The first-order valence-electron chi connectivity index (χ1n) is 9.03. The van der Waals surface area contributed by atoms with Gasteiger partial charge in [-0.25, -0.2) is 9.97 Å². The highest BCUT2D eigenvalue weighted by atomic mass is 35.5. The van der Waals surface area contributed by atoms with E-state index in [9.17, 15) is 0 Å². The molecule has 2 aromatic carbocycles.